The predicted molar refractivity (Wildman–Crippen MR) is 66.5 cm³/mol. The Morgan fingerprint density at radius 1 is 1.67 bits per heavy atom. The lowest BCUT2D eigenvalue weighted by Gasteiger charge is -2.09. The van der Waals surface area contributed by atoms with E-state index in [2.05, 4.69) is 16.5 Å². The maximum Gasteiger partial charge on any atom is 0.167 e. The summed E-state index contributed by atoms with van der Waals surface area (Å²) in [6, 6.07) is 0. The molecule has 80 valence electrons. The van der Waals surface area contributed by atoms with Gasteiger partial charge in [-0.05, 0) is 17.4 Å². The van der Waals surface area contributed by atoms with Crippen molar-refractivity contribution < 1.29 is 0 Å². The molecule has 0 saturated carbocycles. The molecule has 0 amide bonds. The van der Waals surface area contributed by atoms with Crippen molar-refractivity contribution in [2.75, 3.05) is 5.75 Å². The van der Waals surface area contributed by atoms with Crippen molar-refractivity contribution in [1.29, 1.82) is 0 Å². The van der Waals surface area contributed by atoms with E-state index >= 15 is 0 Å². The van der Waals surface area contributed by atoms with E-state index in [4.69, 9.17) is 5.73 Å². The Kier molecular flexibility index (Phi) is 3.43. The predicted octanol–water partition coefficient (Wildman–Crippen LogP) is 2.33. The fourth-order valence-electron chi connectivity index (χ4n) is 1.22. The minimum atomic E-state index is 0.903. The number of imidazole rings is 1. The van der Waals surface area contributed by atoms with Gasteiger partial charge in [0.15, 0.2) is 5.16 Å². The minimum absolute atomic E-state index is 0.903. The van der Waals surface area contributed by atoms with Crippen molar-refractivity contribution in [3.8, 4) is 0 Å². The topological polar surface area (TPSA) is 43.8 Å². The van der Waals surface area contributed by atoms with Crippen molar-refractivity contribution in [1.82, 2.24) is 9.55 Å². The molecule has 0 bridgehead atoms. The first-order chi connectivity index (χ1) is 7.25. The molecule has 0 saturated heterocycles. The van der Waals surface area contributed by atoms with Crippen LogP contribution in [0.15, 0.2) is 39.6 Å². The number of hydrogen-bond donors (Lipinski definition) is 1. The normalized spacial score (nSPS) is 16.1. The number of rotatable bonds is 3. The molecule has 0 fully saturated rings. The number of aryl methyl sites for hydroxylation is 1. The Labute approximate surface area is 97.8 Å². The zero-order valence-electron chi connectivity index (χ0n) is 8.51. The third-order valence-electron chi connectivity index (χ3n) is 2.09. The largest absolute Gasteiger partial charge is 0.394 e. The van der Waals surface area contributed by atoms with Crippen LogP contribution in [0.25, 0.3) is 0 Å². The van der Waals surface area contributed by atoms with Gasteiger partial charge >= 0.3 is 0 Å². The Morgan fingerprint density at radius 3 is 3.13 bits per heavy atom. The second kappa shape index (κ2) is 4.81. The molecule has 1 aromatic heterocycles. The van der Waals surface area contributed by atoms with Crippen LogP contribution in [0.2, 0.25) is 0 Å². The zero-order chi connectivity index (χ0) is 10.7. The molecule has 0 aromatic carbocycles. The summed E-state index contributed by atoms with van der Waals surface area (Å²) >= 11 is 3.37. The summed E-state index contributed by atoms with van der Waals surface area (Å²) in [6.45, 7) is 0. The highest BCUT2D eigenvalue weighted by molar-refractivity contribution is 8.05. The van der Waals surface area contributed by atoms with Crippen LogP contribution < -0.4 is 5.73 Å². The molecule has 0 radical (unpaired) electrons. The van der Waals surface area contributed by atoms with Gasteiger partial charge in [0, 0.05) is 25.2 Å². The lowest BCUT2D eigenvalue weighted by Crippen LogP contribution is -1.98. The fraction of sp³-hybridized carbons (Fsp3) is 0.300. The summed E-state index contributed by atoms with van der Waals surface area (Å²) in [5.41, 5.74) is 7.07. The van der Waals surface area contributed by atoms with E-state index in [1.54, 1.807) is 23.5 Å². The van der Waals surface area contributed by atoms with Gasteiger partial charge in [-0.3, -0.25) is 0 Å². The first-order valence-electron chi connectivity index (χ1n) is 4.66. The van der Waals surface area contributed by atoms with Gasteiger partial charge in [0.05, 0.1) is 5.03 Å². The molecular weight excluding hydrogens is 226 g/mol. The number of thioether (sulfide) groups is 2. The molecule has 1 aliphatic heterocycles. The number of hydrogen-bond acceptors (Lipinski definition) is 4. The third-order valence-corrected chi connectivity index (χ3v) is 4.15. The van der Waals surface area contributed by atoms with E-state index in [1.165, 1.54) is 5.57 Å². The molecule has 2 N–H and O–H groups in total. The van der Waals surface area contributed by atoms with Crippen molar-refractivity contribution in [3.63, 3.8) is 0 Å². The van der Waals surface area contributed by atoms with Gasteiger partial charge < -0.3 is 10.3 Å². The van der Waals surface area contributed by atoms with Gasteiger partial charge in [-0.2, -0.15) is 0 Å². The summed E-state index contributed by atoms with van der Waals surface area (Å²) in [5, 5.41) is 4.11. The van der Waals surface area contributed by atoms with Gasteiger partial charge in [0.1, 0.15) is 0 Å². The van der Waals surface area contributed by atoms with Crippen LogP contribution in [0.3, 0.4) is 0 Å². The Morgan fingerprint density at radius 2 is 2.53 bits per heavy atom. The Balaban J connectivity index is 1.87. The summed E-state index contributed by atoms with van der Waals surface area (Å²) in [4.78, 5) is 4.27. The van der Waals surface area contributed by atoms with E-state index < -0.39 is 0 Å². The SMILES string of the molecule is Cn1ccnc1SCC1=CSC(N)=CC1. The molecule has 0 unspecified atom stereocenters. The van der Waals surface area contributed by atoms with Crippen molar-refractivity contribution in [2.45, 2.75) is 11.6 Å². The van der Waals surface area contributed by atoms with Crippen molar-refractivity contribution in [3.05, 3.63) is 34.5 Å². The summed E-state index contributed by atoms with van der Waals surface area (Å²) in [6.07, 6.45) is 6.82. The molecule has 15 heavy (non-hydrogen) atoms. The van der Waals surface area contributed by atoms with Crippen LogP contribution in [0, 0.1) is 0 Å². The van der Waals surface area contributed by atoms with Crippen LogP contribution in [0.1, 0.15) is 6.42 Å². The highest BCUT2D eigenvalue weighted by Gasteiger charge is 2.06. The van der Waals surface area contributed by atoms with Crippen LogP contribution in [0.4, 0.5) is 0 Å². The van der Waals surface area contributed by atoms with Crippen LogP contribution in [-0.2, 0) is 7.05 Å². The van der Waals surface area contributed by atoms with Gasteiger partial charge in [-0.15, -0.1) is 0 Å². The molecule has 2 heterocycles. The molecule has 0 spiro atoms. The maximum absolute atomic E-state index is 5.67. The van der Waals surface area contributed by atoms with E-state index in [0.29, 0.717) is 0 Å². The summed E-state index contributed by atoms with van der Waals surface area (Å²) < 4.78 is 2.03. The lowest BCUT2D eigenvalue weighted by atomic mass is 10.2. The van der Waals surface area contributed by atoms with Crippen molar-refractivity contribution >= 4 is 23.5 Å². The molecule has 0 aliphatic carbocycles. The molecule has 2 rings (SSSR count). The lowest BCUT2D eigenvalue weighted by molar-refractivity contribution is 0.790. The molecule has 5 heteroatoms. The second-order valence-electron chi connectivity index (χ2n) is 3.31. The number of nitrogens with two attached hydrogens (primary N) is 1. The average Bonchev–Trinajstić information content (AvgIpc) is 2.63. The standard InChI is InChI=1S/C10H13N3S2/c1-13-5-4-12-10(13)15-7-8-2-3-9(11)14-6-8/h3-6H,2,7,11H2,1H3. The maximum atomic E-state index is 5.67. The summed E-state index contributed by atoms with van der Waals surface area (Å²) in [5.74, 6) is 0.988. The third kappa shape index (κ3) is 2.82. The number of allylic oxidation sites excluding steroid dienone is 1. The zero-order valence-corrected chi connectivity index (χ0v) is 10.1. The van der Waals surface area contributed by atoms with Gasteiger partial charge in [0.2, 0.25) is 0 Å². The van der Waals surface area contributed by atoms with Crippen LogP contribution in [-0.4, -0.2) is 15.3 Å². The van der Waals surface area contributed by atoms with Crippen molar-refractivity contribution in [2.24, 2.45) is 12.8 Å². The first-order valence-corrected chi connectivity index (χ1v) is 6.52. The second-order valence-corrected chi connectivity index (χ2v) is 5.20. The van der Waals surface area contributed by atoms with E-state index in [0.717, 1.165) is 22.4 Å². The van der Waals surface area contributed by atoms with Gasteiger partial charge in [-0.1, -0.05) is 29.6 Å². The van der Waals surface area contributed by atoms with Gasteiger partial charge in [-0.25, -0.2) is 4.98 Å². The molecule has 1 aromatic rings. The summed E-state index contributed by atoms with van der Waals surface area (Å²) in [7, 11) is 2.01. The smallest absolute Gasteiger partial charge is 0.167 e. The average molecular weight is 239 g/mol. The van der Waals surface area contributed by atoms with E-state index in [1.807, 2.05) is 24.0 Å². The molecular formula is C10H13N3S2. The Hall–Kier alpha value is -0.810. The fourth-order valence-corrected chi connectivity index (χ4v) is 2.90. The number of nitrogens with zero attached hydrogens (tertiary/aromatic N) is 2. The van der Waals surface area contributed by atoms with E-state index in [-0.39, 0.29) is 0 Å². The number of aromatic nitrogens is 2. The van der Waals surface area contributed by atoms with E-state index in [9.17, 15) is 0 Å². The highest BCUT2D eigenvalue weighted by Crippen LogP contribution is 2.27. The molecule has 3 nitrogen and oxygen atoms in total. The monoisotopic (exact) mass is 239 g/mol. The van der Waals surface area contributed by atoms with Gasteiger partial charge in [0.25, 0.3) is 0 Å². The van der Waals surface area contributed by atoms with Crippen LogP contribution >= 0.6 is 23.5 Å². The highest BCUT2D eigenvalue weighted by atomic mass is 32.2. The molecule has 1 aliphatic rings. The van der Waals surface area contributed by atoms with Crippen LogP contribution in [0.5, 0.6) is 0 Å². The quantitative estimate of drug-likeness (QED) is 0.822. The minimum Gasteiger partial charge on any atom is -0.394 e. The molecule has 0 atom stereocenters. The first kappa shape index (κ1) is 10.7. The Bertz CT molecular complexity index is 407.